The highest BCUT2D eigenvalue weighted by Crippen LogP contribution is 2.36. The fraction of sp³-hybridized carbons (Fsp3) is 0.200. The summed E-state index contributed by atoms with van der Waals surface area (Å²) in [4.78, 5) is 23.6. The summed E-state index contributed by atoms with van der Waals surface area (Å²) in [6.45, 7) is 6.23. The van der Waals surface area contributed by atoms with E-state index in [4.69, 9.17) is 10.2 Å². The monoisotopic (exact) mass is 337 g/mol. The molecule has 0 spiro atoms. The number of benzene rings is 2. The fourth-order valence-corrected chi connectivity index (χ4v) is 2.70. The van der Waals surface area contributed by atoms with Crippen LogP contribution in [-0.4, -0.2) is 12.1 Å². The second-order valence-electron chi connectivity index (χ2n) is 6.84. The van der Waals surface area contributed by atoms with Crippen LogP contribution in [0.15, 0.2) is 52.9 Å². The summed E-state index contributed by atoms with van der Waals surface area (Å²) < 4.78 is 10.5. The predicted octanol–water partition coefficient (Wildman–Crippen LogP) is 4.63. The molecule has 1 aromatic heterocycles. The molecule has 2 N–H and O–H groups in total. The molecule has 1 amide bonds. The van der Waals surface area contributed by atoms with Crippen LogP contribution in [0.4, 0.5) is 4.79 Å². The lowest BCUT2D eigenvalue weighted by Gasteiger charge is -2.18. The van der Waals surface area contributed by atoms with Gasteiger partial charge in [-0.15, -0.1) is 0 Å². The van der Waals surface area contributed by atoms with Gasteiger partial charge in [-0.1, -0.05) is 57.2 Å². The average molecular weight is 337 g/mol. The van der Waals surface area contributed by atoms with E-state index in [0.717, 1.165) is 5.56 Å². The number of fused-ring (bicyclic) bond motifs is 1. The smallest absolute Gasteiger partial charge is 0.412 e. The van der Waals surface area contributed by atoms with Crippen LogP contribution in [-0.2, 0) is 10.2 Å². The highest BCUT2D eigenvalue weighted by molar-refractivity contribution is 6.11. The number of rotatable bonds is 2. The topological polar surface area (TPSA) is 82.5 Å². The minimum atomic E-state index is -1.15. The standard InChI is InChI=1S/C20H19NO4/c1-20(2,3)13-9-10-15-14(11-13)16(18(22)25-19(21)23)17(24-15)12-7-5-4-6-8-12/h4-11H,1-3H3,(H2,21,23). The quantitative estimate of drug-likeness (QED) is 0.546. The first kappa shape index (κ1) is 16.8. The van der Waals surface area contributed by atoms with Gasteiger partial charge in [-0.25, -0.2) is 9.59 Å². The lowest BCUT2D eigenvalue weighted by molar-refractivity contribution is 0.0640. The Balaban J connectivity index is 2.28. The summed E-state index contributed by atoms with van der Waals surface area (Å²) in [6.07, 6.45) is -1.15. The number of ether oxygens (including phenoxy) is 1. The molecule has 0 saturated carbocycles. The molecule has 0 aliphatic heterocycles. The van der Waals surface area contributed by atoms with Gasteiger partial charge in [0.2, 0.25) is 0 Å². The minimum absolute atomic E-state index is 0.108. The van der Waals surface area contributed by atoms with Crippen LogP contribution < -0.4 is 5.73 Å². The minimum Gasteiger partial charge on any atom is -0.455 e. The van der Waals surface area contributed by atoms with Gasteiger partial charge >= 0.3 is 12.1 Å². The lowest BCUT2D eigenvalue weighted by atomic mass is 9.86. The van der Waals surface area contributed by atoms with Gasteiger partial charge in [-0.3, -0.25) is 0 Å². The van der Waals surface area contributed by atoms with E-state index in [0.29, 0.717) is 22.3 Å². The Morgan fingerprint density at radius 3 is 2.32 bits per heavy atom. The highest BCUT2D eigenvalue weighted by Gasteiger charge is 2.26. The maximum atomic E-state index is 12.5. The van der Waals surface area contributed by atoms with Crippen molar-refractivity contribution in [2.24, 2.45) is 5.73 Å². The van der Waals surface area contributed by atoms with Crippen molar-refractivity contribution in [2.45, 2.75) is 26.2 Å². The zero-order chi connectivity index (χ0) is 18.2. The third-order valence-corrected chi connectivity index (χ3v) is 3.99. The van der Waals surface area contributed by atoms with E-state index in [1.165, 1.54) is 0 Å². The number of carbonyl (C=O) groups is 2. The largest absolute Gasteiger partial charge is 0.455 e. The average Bonchev–Trinajstić information content (AvgIpc) is 2.93. The summed E-state index contributed by atoms with van der Waals surface area (Å²) >= 11 is 0. The van der Waals surface area contributed by atoms with Gasteiger partial charge in [-0.2, -0.15) is 0 Å². The molecule has 0 aliphatic rings. The van der Waals surface area contributed by atoms with Crippen LogP contribution in [0, 0.1) is 0 Å². The lowest BCUT2D eigenvalue weighted by Crippen LogP contribution is -2.18. The maximum Gasteiger partial charge on any atom is 0.412 e. The van der Waals surface area contributed by atoms with Crippen LogP contribution in [0.1, 0.15) is 36.7 Å². The van der Waals surface area contributed by atoms with E-state index in [1.54, 1.807) is 0 Å². The molecule has 128 valence electrons. The number of carbonyl (C=O) groups excluding carboxylic acids is 2. The molecule has 0 aliphatic carbocycles. The van der Waals surface area contributed by atoms with E-state index in [1.807, 2.05) is 48.5 Å². The number of hydrogen-bond acceptors (Lipinski definition) is 4. The molecule has 5 nitrogen and oxygen atoms in total. The molecule has 0 bridgehead atoms. The first-order valence-electron chi connectivity index (χ1n) is 7.91. The second kappa shape index (κ2) is 6.09. The molecule has 0 saturated heterocycles. The first-order chi connectivity index (χ1) is 11.8. The van der Waals surface area contributed by atoms with Gasteiger partial charge in [0.15, 0.2) is 0 Å². The number of furan rings is 1. The Morgan fingerprint density at radius 1 is 1.04 bits per heavy atom. The fourth-order valence-electron chi connectivity index (χ4n) is 2.70. The zero-order valence-corrected chi connectivity index (χ0v) is 14.3. The second-order valence-corrected chi connectivity index (χ2v) is 6.84. The molecule has 3 aromatic rings. The van der Waals surface area contributed by atoms with E-state index < -0.39 is 12.1 Å². The van der Waals surface area contributed by atoms with Gasteiger partial charge in [0.25, 0.3) is 0 Å². The van der Waals surface area contributed by atoms with Gasteiger partial charge in [0, 0.05) is 10.9 Å². The third-order valence-electron chi connectivity index (χ3n) is 3.99. The first-order valence-corrected chi connectivity index (χ1v) is 7.91. The number of nitrogens with two attached hydrogens (primary N) is 1. The third kappa shape index (κ3) is 3.26. The normalized spacial score (nSPS) is 11.5. The molecule has 0 atom stereocenters. The highest BCUT2D eigenvalue weighted by atomic mass is 16.6. The number of esters is 1. The van der Waals surface area contributed by atoms with Crippen LogP contribution >= 0.6 is 0 Å². The van der Waals surface area contributed by atoms with Crippen LogP contribution in [0.5, 0.6) is 0 Å². The van der Waals surface area contributed by atoms with Crippen LogP contribution in [0.2, 0.25) is 0 Å². The molecule has 2 aromatic carbocycles. The van der Waals surface area contributed by atoms with Gasteiger partial charge in [-0.05, 0) is 23.1 Å². The number of primary amides is 1. The Bertz CT molecular complexity index is 949. The maximum absolute atomic E-state index is 12.5. The Morgan fingerprint density at radius 2 is 1.72 bits per heavy atom. The van der Waals surface area contributed by atoms with E-state index in [-0.39, 0.29) is 11.0 Å². The number of hydrogen-bond donors (Lipinski definition) is 1. The van der Waals surface area contributed by atoms with Crippen molar-refractivity contribution in [3.8, 4) is 11.3 Å². The van der Waals surface area contributed by atoms with Gasteiger partial charge < -0.3 is 14.9 Å². The molecule has 0 fully saturated rings. The molecular weight excluding hydrogens is 318 g/mol. The van der Waals surface area contributed by atoms with Gasteiger partial charge in [0.1, 0.15) is 16.9 Å². The molecule has 1 heterocycles. The predicted molar refractivity (Wildman–Crippen MR) is 95.3 cm³/mol. The summed E-state index contributed by atoms with van der Waals surface area (Å²) in [5.41, 5.74) is 7.41. The molecule has 0 unspecified atom stereocenters. The molecule has 5 heteroatoms. The molecule has 25 heavy (non-hydrogen) atoms. The SMILES string of the molecule is CC(C)(C)c1ccc2oc(-c3ccccc3)c(C(=O)OC(N)=O)c2c1. The Hall–Kier alpha value is -3.08. The van der Waals surface area contributed by atoms with Gasteiger partial charge in [0.05, 0.1) is 0 Å². The van der Waals surface area contributed by atoms with E-state index in [2.05, 4.69) is 25.5 Å². The summed E-state index contributed by atoms with van der Waals surface area (Å²) in [6, 6.07) is 14.9. The van der Waals surface area contributed by atoms with Crippen molar-refractivity contribution in [1.82, 2.24) is 0 Å². The van der Waals surface area contributed by atoms with Crippen molar-refractivity contribution >= 4 is 23.0 Å². The summed E-state index contributed by atoms with van der Waals surface area (Å²) in [7, 11) is 0. The van der Waals surface area contributed by atoms with Crippen molar-refractivity contribution in [2.75, 3.05) is 0 Å². The van der Waals surface area contributed by atoms with Crippen LogP contribution in [0.3, 0.4) is 0 Å². The van der Waals surface area contributed by atoms with Crippen molar-refractivity contribution in [1.29, 1.82) is 0 Å². The Kier molecular flexibility index (Phi) is 4.08. The van der Waals surface area contributed by atoms with Crippen LogP contribution in [0.25, 0.3) is 22.3 Å². The van der Waals surface area contributed by atoms with E-state index >= 15 is 0 Å². The van der Waals surface area contributed by atoms with Crippen molar-refractivity contribution in [3.05, 3.63) is 59.7 Å². The van der Waals surface area contributed by atoms with Crippen molar-refractivity contribution in [3.63, 3.8) is 0 Å². The Labute approximate surface area is 145 Å². The zero-order valence-electron chi connectivity index (χ0n) is 14.3. The number of amides is 1. The summed E-state index contributed by atoms with van der Waals surface area (Å²) in [5.74, 6) is -0.468. The van der Waals surface area contributed by atoms with E-state index in [9.17, 15) is 9.59 Å². The molecular formula is C20H19NO4. The molecule has 3 rings (SSSR count). The summed E-state index contributed by atoms with van der Waals surface area (Å²) in [5, 5.41) is 0.595. The molecule has 0 radical (unpaired) electrons. The van der Waals surface area contributed by atoms with Crippen molar-refractivity contribution < 1.29 is 18.7 Å².